The van der Waals surface area contributed by atoms with Gasteiger partial charge in [0.15, 0.2) is 22.8 Å². The summed E-state index contributed by atoms with van der Waals surface area (Å²) in [6, 6.07) is 0. The molecule has 1 aliphatic rings. The first kappa shape index (κ1) is 50.7. The van der Waals surface area contributed by atoms with Crippen LogP contribution in [0.15, 0.2) is 24.8 Å². The fourth-order valence-electron chi connectivity index (χ4n) is 5.34. The van der Waals surface area contributed by atoms with Crippen LogP contribution in [0.2, 0.25) is 0 Å². The van der Waals surface area contributed by atoms with Crippen molar-refractivity contribution < 1.29 is 80.5 Å². The lowest BCUT2D eigenvalue weighted by Crippen LogP contribution is -2.46. The molecule has 2 aromatic heterocycles. The number of nitrogen functional groups attached to an aromatic ring is 1. The predicted octanol–water partition coefficient (Wildman–Crippen LogP) is 1.58. The van der Waals surface area contributed by atoms with Gasteiger partial charge in [-0.1, -0.05) is 63.9 Å². The first-order valence-electron chi connectivity index (χ1n) is 18.3. The third-order valence-corrected chi connectivity index (χ3v) is 12.4. The highest BCUT2D eigenvalue weighted by molar-refractivity contribution is 8.13. The molecule has 59 heavy (non-hydrogen) atoms. The van der Waals surface area contributed by atoms with Crippen molar-refractivity contribution in [1.29, 1.82) is 0 Å². The summed E-state index contributed by atoms with van der Waals surface area (Å²) in [4.78, 5) is 87.7. The second-order valence-corrected chi connectivity index (χ2v) is 19.2. The Kier molecular flexibility index (Phi) is 19.7. The van der Waals surface area contributed by atoms with E-state index in [2.05, 4.69) is 41.3 Å². The molecule has 334 valence electrons. The van der Waals surface area contributed by atoms with Crippen LogP contribution in [0.25, 0.3) is 11.2 Å². The Bertz CT molecular complexity index is 1900. The normalized spacial score (nSPS) is 21.3. The number of ether oxygens (including phenoxy) is 1. The van der Waals surface area contributed by atoms with Gasteiger partial charge in [-0.3, -0.25) is 32.5 Å². The number of carbonyl (C=O) groups is 3. The molecule has 0 aromatic carbocycles. The molecule has 0 bridgehead atoms. The third-order valence-electron chi connectivity index (χ3n) is 8.44. The minimum absolute atomic E-state index is 0.0269. The van der Waals surface area contributed by atoms with Gasteiger partial charge in [-0.05, 0) is 12.8 Å². The fourth-order valence-corrected chi connectivity index (χ4v) is 8.82. The molecular formula is C31H52N7O17P3S. The zero-order valence-corrected chi connectivity index (χ0v) is 36.0. The van der Waals surface area contributed by atoms with Gasteiger partial charge >= 0.3 is 23.5 Å². The van der Waals surface area contributed by atoms with Crippen molar-refractivity contribution in [1.82, 2.24) is 30.2 Å². The van der Waals surface area contributed by atoms with E-state index in [-0.39, 0.29) is 41.6 Å². The maximum Gasteiger partial charge on any atom is 0.481 e. The van der Waals surface area contributed by atoms with E-state index in [9.17, 15) is 57.9 Å². The summed E-state index contributed by atoms with van der Waals surface area (Å²) in [6.07, 6.45) is 2.76. The Labute approximate surface area is 343 Å². The molecule has 1 saturated heterocycles. The largest absolute Gasteiger partial charge is 0.481 e. The molecule has 10 N–H and O–H groups in total. The number of imidazole rings is 1. The second-order valence-electron chi connectivity index (χ2n) is 13.8. The number of anilines is 1. The number of phosphoric acid groups is 3. The van der Waals surface area contributed by atoms with Gasteiger partial charge in [0.1, 0.15) is 36.3 Å². The molecule has 0 spiro atoms. The molecule has 7 atom stereocenters. The number of phosphoric ester groups is 3. The topological polar surface area (TPSA) is 364 Å². The van der Waals surface area contributed by atoms with Crippen molar-refractivity contribution in [3.8, 4) is 0 Å². The number of fused-ring (bicyclic) bond motifs is 1. The molecule has 1 fully saturated rings. The first-order valence-corrected chi connectivity index (χ1v) is 23.8. The van der Waals surface area contributed by atoms with Gasteiger partial charge < -0.3 is 50.9 Å². The average molecular weight is 920 g/mol. The maximum absolute atomic E-state index is 12.7. The van der Waals surface area contributed by atoms with Crippen molar-refractivity contribution in [2.24, 2.45) is 5.41 Å². The smallest absolute Gasteiger partial charge is 0.386 e. The quantitative estimate of drug-likeness (QED) is 0.0367. The van der Waals surface area contributed by atoms with Crippen molar-refractivity contribution >= 4 is 69.1 Å². The Morgan fingerprint density at radius 2 is 1.75 bits per heavy atom. The highest BCUT2D eigenvalue weighted by Gasteiger charge is 2.50. The van der Waals surface area contributed by atoms with E-state index in [1.165, 1.54) is 20.3 Å². The lowest BCUT2D eigenvalue weighted by molar-refractivity contribution is -0.137. The van der Waals surface area contributed by atoms with Crippen molar-refractivity contribution in [2.75, 3.05) is 37.8 Å². The number of rotatable bonds is 26. The van der Waals surface area contributed by atoms with E-state index in [4.69, 9.17) is 19.5 Å². The van der Waals surface area contributed by atoms with Crippen LogP contribution in [0.4, 0.5) is 5.82 Å². The number of nitrogens with zero attached hydrogens (tertiary/aromatic N) is 4. The molecule has 28 heteroatoms. The van der Waals surface area contributed by atoms with Crippen LogP contribution in [0.3, 0.4) is 0 Å². The number of hydrogen-bond acceptors (Lipinski definition) is 18. The van der Waals surface area contributed by atoms with Gasteiger partial charge in [0.05, 0.1) is 19.5 Å². The summed E-state index contributed by atoms with van der Waals surface area (Å²) in [5.74, 6) is -1.08. The summed E-state index contributed by atoms with van der Waals surface area (Å²) in [5.41, 5.74) is 4.27. The van der Waals surface area contributed by atoms with Crippen LogP contribution in [0.1, 0.15) is 71.9 Å². The van der Waals surface area contributed by atoms with E-state index >= 15 is 0 Å². The number of nitrogens with one attached hydrogen (secondary N) is 2. The van der Waals surface area contributed by atoms with Gasteiger partial charge in [-0.15, -0.1) is 0 Å². The minimum Gasteiger partial charge on any atom is -0.386 e. The Balaban J connectivity index is 1.43. The van der Waals surface area contributed by atoms with Crippen LogP contribution >= 0.6 is 35.2 Å². The monoisotopic (exact) mass is 919 g/mol. The predicted molar refractivity (Wildman–Crippen MR) is 210 cm³/mol. The molecule has 3 unspecified atom stereocenters. The zero-order valence-electron chi connectivity index (χ0n) is 32.5. The summed E-state index contributed by atoms with van der Waals surface area (Å²) >= 11 is 1.09. The van der Waals surface area contributed by atoms with Gasteiger partial charge in [-0.25, -0.2) is 28.6 Å². The Hall–Kier alpha value is -2.70. The third kappa shape index (κ3) is 16.9. The van der Waals surface area contributed by atoms with Gasteiger partial charge in [-0.2, -0.15) is 4.31 Å². The van der Waals surface area contributed by atoms with Crippen LogP contribution in [-0.4, -0.2) is 123 Å². The summed E-state index contributed by atoms with van der Waals surface area (Å²) in [5, 5.41) is 26.4. The Morgan fingerprint density at radius 3 is 2.44 bits per heavy atom. The van der Waals surface area contributed by atoms with Crippen molar-refractivity contribution in [2.45, 2.75) is 96.4 Å². The number of hydrogen-bond donors (Lipinski definition) is 9. The summed E-state index contributed by atoms with van der Waals surface area (Å²) in [6.45, 7) is 2.66. The molecule has 24 nitrogen and oxygen atoms in total. The summed E-state index contributed by atoms with van der Waals surface area (Å²) in [7, 11) is -16.4. The van der Waals surface area contributed by atoms with E-state index in [0.29, 0.717) is 12.2 Å². The number of aliphatic hydroxyl groups is 2. The molecule has 0 aliphatic carbocycles. The maximum atomic E-state index is 12.7. The molecule has 3 heterocycles. The second kappa shape index (κ2) is 22.9. The molecule has 2 amide bonds. The standard InChI is InChI=1S/C31H52N7O17P3S/c1-4-5-6-7-8-9-10-11-22(40)59-15-14-33-21(39)12-13-34-29(43)26(42)31(2,3)17-52-58(49,50)55-57(47,48)51-16-20-25(54-56(44,45)46)24(41)30(53-20)38-19-37-23-27(32)35-18-36-28(23)38/h9-10,18-20,24-26,30,41-42H,4-8,11-17H2,1-3H3,(H,33,39)(H,34,43)(H,47,48)(H,49,50)(H2,32,35,36)(H2,44,45,46)/b10-9-/t20-,24-,25-,26?,30-/m1/s1. The van der Waals surface area contributed by atoms with Crippen LogP contribution in [-0.2, 0) is 50.7 Å². The SMILES string of the molecule is CCCCCC/C=C\CC(=O)SCCNC(=O)CCNC(=O)C(O)C(C)(C)COP(=O)(O)OP(=O)(O)OC[C@H]1O[C@@H](n2cnc3c(N)ncnc32)[C@H](O)[C@@H]1OP(=O)(O)O. The van der Waals surface area contributed by atoms with E-state index in [1.807, 2.05) is 12.2 Å². The van der Waals surface area contributed by atoms with Crippen molar-refractivity contribution in [3.05, 3.63) is 24.8 Å². The molecule has 0 saturated carbocycles. The molecule has 1 aliphatic heterocycles. The van der Waals surface area contributed by atoms with E-state index in [0.717, 1.165) is 54.7 Å². The number of allylic oxidation sites excluding steroid dienone is 2. The van der Waals surface area contributed by atoms with Crippen LogP contribution < -0.4 is 16.4 Å². The van der Waals surface area contributed by atoms with Crippen LogP contribution in [0.5, 0.6) is 0 Å². The number of aromatic nitrogens is 4. The van der Waals surface area contributed by atoms with Crippen molar-refractivity contribution in [3.63, 3.8) is 0 Å². The molecule has 2 aromatic rings. The molecular weight excluding hydrogens is 867 g/mol. The first-order chi connectivity index (χ1) is 27.6. The number of unbranched alkanes of at least 4 members (excludes halogenated alkanes) is 4. The number of aliphatic hydroxyl groups excluding tert-OH is 2. The van der Waals surface area contributed by atoms with Crippen LogP contribution in [0, 0.1) is 5.41 Å². The zero-order chi connectivity index (χ0) is 44.0. The number of carbonyl (C=O) groups excluding carboxylic acids is 3. The van der Waals surface area contributed by atoms with Gasteiger partial charge in [0, 0.05) is 37.1 Å². The minimum atomic E-state index is -5.57. The van der Waals surface area contributed by atoms with E-state index in [1.54, 1.807) is 0 Å². The number of amides is 2. The number of thioether (sulfide) groups is 1. The van der Waals surface area contributed by atoms with Gasteiger partial charge in [0.2, 0.25) is 11.8 Å². The highest BCUT2D eigenvalue weighted by Crippen LogP contribution is 2.61. The highest BCUT2D eigenvalue weighted by atomic mass is 32.2. The average Bonchev–Trinajstić information content (AvgIpc) is 3.71. The lowest BCUT2D eigenvalue weighted by Gasteiger charge is -2.30. The Morgan fingerprint density at radius 1 is 1.03 bits per heavy atom. The number of nitrogens with two attached hydrogens (primary N) is 1. The fraction of sp³-hybridized carbons (Fsp3) is 0.677. The summed E-state index contributed by atoms with van der Waals surface area (Å²) < 4.78 is 62.2. The molecule has 0 radical (unpaired) electrons. The van der Waals surface area contributed by atoms with Gasteiger partial charge in [0.25, 0.3) is 0 Å². The van der Waals surface area contributed by atoms with E-state index < -0.39 is 84.6 Å². The molecule has 3 rings (SSSR count). The lowest BCUT2D eigenvalue weighted by atomic mass is 9.87.